The first-order valence-corrected chi connectivity index (χ1v) is 12.1. The molecule has 13 heteroatoms. The normalized spacial score (nSPS) is 17.1. The minimum atomic E-state index is -4.74. The van der Waals surface area contributed by atoms with Crippen LogP contribution < -0.4 is 10.0 Å². The lowest BCUT2D eigenvalue weighted by molar-refractivity contribution is -0.136. The molecule has 0 aliphatic heterocycles. The van der Waals surface area contributed by atoms with Crippen LogP contribution in [0.5, 0.6) is 0 Å². The topological polar surface area (TPSA) is 133 Å². The van der Waals surface area contributed by atoms with Crippen LogP contribution in [-0.4, -0.2) is 40.0 Å². The van der Waals surface area contributed by atoms with Gasteiger partial charge in [0.15, 0.2) is 27.3 Å². The molecular weight excluding hydrogens is 449 g/mol. The Balaban J connectivity index is 2.60. The fraction of sp³-hybridized carbons (Fsp3) is 0.588. The van der Waals surface area contributed by atoms with Crippen LogP contribution in [0.4, 0.5) is 24.5 Å². The van der Waals surface area contributed by atoms with Crippen molar-refractivity contribution in [1.29, 1.82) is 0 Å². The molecule has 0 heterocycles. The van der Waals surface area contributed by atoms with Crippen LogP contribution in [0.1, 0.15) is 51.4 Å². The molecule has 1 aliphatic rings. The SMILES string of the molecule is O=C(O)CCS(=O)(=O)c1c(F)c(F)c(NS(=O)O)c(F)c1NC1CCCCCCC1. The molecule has 170 valence electrons. The van der Waals surface area contributed by atoms with Gasteiger partial charge in [0.2, 0.25) is 0 Å². The van der Waals surface area contributed by atoms with Gasteiger partial charge in [-0.2, -0.15) is 0 Å². The van der Waals surface area contributed by atoms with Gasteiger partial charge in [-0.15, -0.1) is 0 Å². The molecular formula is C17H23F3N2O6S2. The Labute approximate surface area is 174 Å². The number of halogens is 3. The third kappa shape index (κ3) is 6.08. The zero-order valence-electron chi connectivity index (χ0n) is 15.9. The zero-order chi connectivity index (χ0) is 22.5. The standard InChI is InChI=1S/C17H23F3N2O6S2/c18-12-13(19)17(30(27,28)9-8-11(23)24)16(14(20)15(12)22-29(25)26)21-10-6-4-2-1-3-5-7-10/h10,21-22H,1-9H2,(H,23,24)(H,25,26). The first-order valence-electron chi connectivity index (χ1n) is 9.33. The second kappa shape index (κ2) is 10.4. The Morgan fingerprint density at radius 2 is 1.57 bits per heavy atom. The summed E-state index contributed by atoms with van der Waals surface area (Å²) in [7, 11) is -4.74. The Hall–Kier alpha value is -1.86. The molecule has 0 saturated heterocycles. The molecule has 0 amide bonds. The van der Waals surface area contributed by atoms with Gasteiger partial charge in [-0.25, -0.2) is 25.8 Å². The molecule has 0 radical (unpaired) electrons. The lowest BCUT2D eigenvalue weighted by Crippen LogP contribution is -2.25. The number of aliphatic carboxylic acids is 1. The summed E-state index contributed by atoms with van der Waals surface area (Å²) in [5.74, 6) is -8.08. The van der Waals surface area contributed by atoms with Gasteiger partial charge in [0.1, 0.15) is 10.6 Å². The van der Waals surface area contributed by atoms with E-state index in [-0.39, 0.29) is 0 Å². The largest absolute Gasteiger partial charge is 0.481 e. The van der Waals surface area contributed by atoms with E-state index in [0.717, 1.165) is 32.1 Å². The maximum Gasteiger partial charge on any atom is 0.304 e. The molecule has 8 nitrogen and oxygen atoms in total. The van der Waals surface area contributed by atoms with Crippen LogP contribution in [0.2, 0.25) is 0 Å². The van der Waals surface area contributed by atoms with Crippen LogP contribution in [0.25, 0.3) is 0 Å². The highest BCUT2D eigenvalue weighted by Crippen LogP contribution is 2.38. The molecule has 1 saturated carbocycles. The average molecular weight is 473 g/mol. The van der Waals surface area contributed by atoms with Crippen LogP contribution in [0, 0.1) is 17.5 Å². The Kier molecular flexibility index (Phi) is 8.50. The summed E-state index contributed by atoms with van der Waals surface area (Å²) >= 11 is -2.95. The van der Waals surface area contributed by atoms with Gasteiger partial charge < -0.3 is 10.4 Å². The first-order chi connectivity index (χ1) is 14.0. The van der Waals surface area contributed by atoms with Gasteiger partial charge in [-0.3, -0.25) is 14.1 Å². The highest BCUT2D eigenvalue weighted by Gasteiger charge is 2.34. The van der Waals surface area contributed by atoms with E-state index in [1.165, 1.54) is 4.72 Å². The Bertz CT molecular complexity index is 919. The second-order valence-corrected chi connectivity index (χ2v) is 9.77. The molecule has 0 spiro atoms. The van der Waals surface area contributed by atoms with Crippen molar-refractivity contribution in [3.8, 4) is 0 Å². The highest BCUT2D eigenvalue weighted by molar-refractivity contribution is 7.91. The fourth-order valence-electron chi connectivity index (χ4n) is 3.37. The summed E-state index contributed by atoms with van der Waals surface area (Å²) in [5, 5.41) is 11.4. The van der Waals surface area contributed by atoms with E-state index in [0.29, 0.717) is 12.8 Å². The first kappa shape index (κ1) is 24.4. The molecule has 2 rings (SSSR count). The van der Waals surface area contributed by atoms with Crippen molar-refractivity contribution >= 4 is 38.4 Å². The Morgan fingerprint density at radius 3 is 2.10 bits per heavy atom. The van der Waals surface area contributed by atoms with Crippen molar-refractivity contribution in [2.75, 3.05) is 15.8 Å². The number of nitrogens with one attached hydrogen (secondary N) is 2. The van der Waals surface area contributed by atoms with Gasteiger partial charge >= 0.3 is 5.97 Å². The third-order valence-electron chi connectivity index (χ3n) is 4.82. The smallest absolute Gasteiger partial charge is 0.304 e. The minimum absolute atomic E-state index is 0.439. The van der Waals surface area contributed by atoms with Crippen molar-refractivity contribution in [2.45, 2.75) is 62.3 Å². The van der Waals surface area contributed by atoms with Crippen LogP contribution >= 0.6 is 0 Å². The number of carboxylic acids is 1. The molecule has 0 aromatic heterocycles. The van der Waals surface area contributed by atoms with Crippen LogP contribution in [-0.2, 0) is 25.9 Å². The quantitative estimate of drug-likeness (QED) is 0.337. The number of carboxylic acid groups (broad SMARTS) is 1. The van der Waals surface area contributed by atoms with E-state index in [4.69, 9.17) is 9.66 Å². The van der Waals surface area contributed by atoms with Crippen molar-refractivity contribution < 1.29 is 40.3 Å². The van der Waals surface area contributed by atoms with E-state index in [1.807, 2.05) is 0 Å². The number of rotatable bonds is 8. The molecule has 1 aromatic carbocycles. The number of carbonyl (C=O) groups is 1. The monoisotopic (exact) mass is 472 g/mol. The van der Waals surface area contributed by atoms with E-state index in [1.54, 1.807) is 0 Å². The number of hydrogen-bond acceptors (Lipinski definition) is 5. The number of hydrogen-bond donors (Lipinski definition) is 4. The third-order valence-corrected chi connectivity index (χ3v) is 6.94. The van der Waals surface area contributed by atoms with Crippen molar-refractivity contribution in [3.63, 3.8) is 0 Å². The minimum Gasteiger partial charge on any atom is -0.481 e. The van der Waals surface area contributed by atoms with Gasteiger partial charge in [-0.05, 0) is 12.8 Å². The summed E-state index contributed by atoms with van der Waals surface area (Å²) < 4.78 is 90.7. The van der Waals surface area contributed by atoms with Gasteiger partial charge in [0.25, 0.3) is 11.3 Å². The van der Waals surface area contributed by atoms with E-state index >= 15 is 4.39 Å². The van der Waals surface area contributed by atoms with Crippen LogP contribution in [0.3, 0.4) is 0 Å². The molecule has 1 aliphatic carbocycles. The van der Waals surface area contributed by atoms with E-state index in [9.17, 15) is 26.2 Å². The molecule has 1 unspecified atom stereocenters. The fourth-order valence-corrected chi connectivity index (χ4v) is 5.19. The maximum atomic E-state index is 15.0. The molecule has 1 atom stereocenters. The number of sulfone groups is 1. The number of benzene rings is 1. The molecule has 30 heavy (non-hydrogen) atoms. The van der Waals surface area contributed by atoms with Crippen molar-refractivity contribution in [3.05, 3.63) is 17.5 Å². The van der Waals surface area contributed by atoms with E-state index < -0.39 is 79.0 Å². The summed E-state index contributed by atoms with van der Waals surface area (Å²) in [6.07, 6.45) is 4.54. The van der Waals surface area contributed by atoms with Crippen LogP contribution in [0.15, 0.2) is 4.90 Å². The van der Waals surface area contributed by atoms with Crippen molar-refractivity contribution in [1.82, 2.24) is 0 Å². The predicted octanol–water partition coefficient (Wildman–Crippen LogP) is 3.43. The predicted molar refractivity (Wildman–Crippen MR) is 105 cm³/mol. The summed E-state index contributed by atoms with van der Waals surface area (Å²) in [6.45, 7) is 0. The summed E-state index contributed by atoms with van der Waals surface area (Å²) in [5.41, 5.74) is -2.17. The lowest BCUT2D eigenvalue weighted by Gasteiger charge is -2.25. The van der Waals surface area contributed by atoms with Gasteiger partial charge in [0, 0.05) is 6.04 Å². The highest BCUT2D eigenvalue weighted by atomic mass is 32.2. The second-order valence-electron chi connectivity index (χ2n) is 7.02. The summed E-state index contributed by atoms with van der Waals surface area (Å²) in [4.78, 5) is 9.43. The van der Waals surface area contributed by atoms with Crippen molar-refractivity contribution in [2.24, 2.45) is 0 Å². The maximum absolute atomic E-state index is 15.0. The molecule has 0 bridgehead atoms. The number of anilines is 2. The Morgan fingerprint density at radius 1 is 1.00 bits per heavy atom. The summed E-state index contributed by atoms with van der Waals surface area (Å²) in [6, 6.07) is -0.439. The lowest BCUT2D eigenvalue weighted by atomic mass is 9.96. The molecule has 4 N–H and O–H groups in total. The zero-order valence-corrected chi connectivity index (χ0v) is 17.6. The molecule has 1 fully saturated rings. The molecule has 1 aromatic rings. The van der Waals surface area contributed by atoms with E-state index in [2.05, 4.69) is 5.32 Å². The average Bonchev–Trinajstić information content (AvgIpc) is 2.63. The van der Waals surface area contributed by atoms with Gasteiger partial charge in [-0.1, -0.05) is 32.1 Å². The van der Waals surface area contributed by atoms with Gasteiger partial charge in [0.05, 0.1) is 17.9 Å².